The fourth-order valence-corrected chi connectivity index (χ4v) is 16.9. The standard InChI is InChI=1S/C67H96N2O24/c1-30-14-18-47(88-54-28-65(11,69(79)80)60(38(9)86-54)68-64(78)81-13)31(2)23-43-45(73)24-40(29-70)27-67(43)62(76)55(63(77)93-67)61(75)66(12)42(30)16-15-41-56(66)32(3)22-33(4)57(41)92-53-26-49(59(37(8)85-53)87-39(10)71)90-50-21-19-48(35(6)83-50)89-52-25-46(74)58(36(7)84-52)91-51-20-17-44(72)34(5)82-51/h14-16,23,27,29,32-38,41-54,56-60,72-74,77H,17-22,24-26,28H2,1-13H3,(H,68,78)/b30-14-,31-23+/t32-,33-,34-,35-,36-,37-,38+,41-,42-,43+,44+,45-,46+,47-,48+,49+,50-,51-,52-,53-,54-,56+,57-,58-,59-,60-,65-,66+,67?/m0/s1. The van der Waals surface area contributed by atoms with Crippen LogP contribution in [0.1, 0.15) is 147 Å². The Balaban J connectivity index is 0.899. The predicted octanol–water partition coefficient (Wildman–Crippen LogP) is 6.36. The predicted molar refractivity (Wildman–Crippen MR) is 325 cm³/mol. The maximum absolute atomic E-state index is 16.2. The number of aliphatic hydroxyl groups excluding tert-OH is 4. The summed E-state index contributed by atoms with van der Waals surface area (Å²) < 4.78 is 81.5. The number of aliphatic hydroxyl groups is 4. The zero-order valence-corrected chi connectivity index (χ0v) is 55.4. The monoisotopic (exact) mass is 1310 g/mol. The highest BCUT2D eigenvalue weighted by Gasteiger charge is 2.65. The van der Waals surface area contributed by atoms with Gasteiger partial charge in [0.05, 0.1) is 86.6 Å². The number of hydrogen-bond donors (Lipinski definition) is 5. The molecule has 0 aromatic rings. The minimum Gasteiger partial charge on any atom is -0.480 e. The maximum Gasteiger partial charge on any atom is 0.407 e. The number of ether oxygens (including phenoxy) is 13. The van der Waals surface area contributed by atoms with Crippen molar-refractivity contribution in [1.82, 2.24) is 5.32 Å². The van der Waals surface area contributed by atoms with Crippen LogP contribution in [0.4, 0.5) is 4.79 Å². The number of carbonyl (C=O) groups excluding carboxylic acids is 5. The van der Waals surface area contributed by atoms with Crippen LogP contribution in [0.3, 0.4) is 0 Å². The first kappa shape index (κ1) is 70.7. The van der Waals surface area contributed by atoms with Crippen molar-refractivity contribution >= 4 is 29.9 Å². The molecule has 1 saturated carbocycles. The number of rotatable bonds is 14. The molecule has 4 aliphatic carbocycles. The fourth-order valence-electron chi connectivity index (χ4n) is 16.9. The van der Waals surface area contributed by atoms with Crippen LogP contribution in [0.2, 0.25) is 0 Å². The summed E-state index contributed by atoms with van der Waals surface area (Å²) in [6, 6.07) is -1.12. The van der Waals surface area contributed by atoms with Gasteiger partial charge >= 0.3 is 12.1 Å². The summed E-state index contributed by atoms with van der Waals surface area (Å²) in [5.74, 6) is -6.65. The Hall–Kier alpha value is -5.07. The van der Waals surface area contributed by atoms with Gasteiger partial charge in [-0.25, -0.2) is 4.79 Å². The van der Waals surface area contributed by atoms with E-state index in [4.69, 9.17) is 61.6 Å². The number of esters is 1. The third-order valence-corrected chi connectivity index (χ3v) is 21.7. The first-order valence-corrected chi connectivity index (χ1v) is 33.1. The summed E-state index contributed by atoms with van der Waals surface area (Å²) in [5.41, 5.74) is -5.09. The summed E-state index contributed by atoms with van der Waals surface area (Å²) in [7, 11) is 1.15. The molecule has 10 rings (SSSR count). The van der Waals surface area contributed by atoms with Gasteiger partial charge in [-0.1, -0.05) is 50.6 Å². The molecule has 0 aromatic carbocycles. The number of allylic oxidation sites excluding steroid dienone is 2. The molecule has 1 amide bonds. The number of ketones is 2. The van der Waals surface area contributed by atoms with Gasteiger partial charge in [-0.2, -0.15) is 0 Å². The Kier molecular flexibility index (Phi) is 21.4. The van der Waals surface area contributed by atoms with Gasteiger partial charge in [-0.05, 0) is 109 Å². The van der Waals surface area contributed by atoms with E-state index in [1.54, 1.807) is 40.7 Å². The lowest BCUT2D eigenvalue weighted by atomic mass is 9.48. The zero-order chi connectivity index (χ0) is 67.5. The van der Waals surface area contributed by atoms with Gasteiger partial charge in [0.15, 0.2) is 43.3 Å². The van der Waals surface area contributed by atoms with Gasteiger partial charge < -0.3 is 87.3 Å². The van der Waals surface area contributed by atoms with E-state index >= 15 is 9.59 Å². The largest absolute Gasteiger partial charge is 0.480 e. The van der Waals surface area contributed by atoms with Gasteiger partial charge in [-0.15, -0.1) is 0 Å². The molecule has 518 valence electrons. The van der Waals surface area contributed by atoms with Crippen LogP contribution < -0.4 is 5.32 Å². The highest BCUT2D eigenvalue weighted by atomic mass is 16.8. The van der Waals surface area contributed by atoms with Crippen LogP contribution in [0.15, 0.2) is 58.6 Å². The molecule has 1 unspecified atom stereocenters. The van der Waals surface area contributed by atoms with Gasteiger partial charge in [0.25, 0.3) is 5.95 Å². The van der Waals surface area contributed by atoms with Crippen molar-refractivity contribution < 1.29 is 111 Å². The van der Waals surface area contributed by atoms with Crippen LogP contribution >= 0.6 is 0 Å². The summed E-state index contributed by atoms with van der Waals surface area (Å²) >= 11 is 0. The normalized spacial score (nSPS) is 47.4. The number of aldehydes is 1. The summed E-state index contributed by atoms with van der Waals surface area (Å²) in [6.45, 7) is 21.0. The lowest BCUT2D eigenvalue weighted by Gasteiger charge is -2.56. The number of nitro groups is 1. The first-order chi connectivity index (χ1) is 43.9. The second-order valence-corrected chi connectivity index (χ2v) is 28.2. The Bertz CT molecular complexity index is 2960. The molecule has 6 aliphatic heterocycles. The van der Waals surface area contributed by atoms with E-state index in [9.17, 15) is 44.9 Å². The number of alkyl carbamates (subject to hydrolysis) is 1. The molecular weight excluding hydrogens is 1220 g/mol. The van der Waals surface area contributed by atoms with E-state index in [2.05, 4.69) is 12.2 Å². The summed E-state index contributed by atoms with van der Waals surface area (Å²) in [5, 5.41) is 60.8. The van der Waals surface area contributed by atoms with Crippen molar-refractivity contribution in [1.29, 1.82) is 0 Å². The van der Waals surface area contributed by atoms with E-state index in [0.717, 1.165) is 7.11 Å². The second-order valence-electron chi connectivity index (χ2n) is 28.2. The van der Waals surface area contributed by atoms with Crippen molar-refractivity contribution in [2.24, 2.45) is 40.9 Å². The highest BCUT2D eigenvalue weighted by Crippen LogP contribution is 2.59. The molecule has 5 N–H and O–H groups in total. The van der Waals surface area contributed by atoms with E-state index < -0.39 is 203 Å². The molecule has 6 fully saturated rings. The van der Waals surface area contributed by atoms with Gasteiger partial charge in [0.1, 0.15) is 30.1 Å². The van der Waals surface area contributed by atoms with E-state index in [1.807, 2.05) is 45.9 Å². The minimum absolute atomic E-state index is 0.00541. The topological polar surface area (TPSA) is 341 Å². The Labute approximate surface area is 542 Å². The highest BCUT2D eigenvalue weighted by molar-refractivity contribution is 6.27. The maximum atomic E-state index is 16.2. The molecule has 29 atom stereocenters. The van der Waals surface area contributed by atoms with E-state index in [-0.39, 0.29) is 49.5 Å². The van der Waals surface area contributed by atoms with Gasteiger partial charge in [0.2, 0.25) is 16.9 Å². The minimum atomic E-state index is -2.27. The van der Waals surface area contributed by atoms with Gasteiger partial charge in [0, 0.05) is 68.1 Å². The average molecular weight is 1310 g/mol. The quantitative estimate of drug-likeness (QED) is 0.0315. The van der Waals surface area contributed by atoms with Crippen LogP contribution in [-0.4, -0.2) is 196 Å². The molecule has 1 spiro atoms. The second kappa shape index (κ2) is 28.2. The Morgan fingerprint density at radius 3 is 2.00 bits per heavy atom. The van der Waals surface area contributed by atoms with Crippen molar-refractivity contribution in [3.8, 4) is 0 Å². The van der Waals surface area contributed by atoms with Crippen molar-refractivity contribution in [3.63, 3.8) is 0 Å². The third-order valence-electron chi connectivity index (χ3n) is 21.7. The SMILES string of the molecule is COC(=O)N[C@H]1[C@@H](C)O[C@@H](O[C@H]2C/C=C(/C)[C@@H]3C=C[C@@H]4[C@@H](O[C@H]5C[C@@H](O[C@H]6CC[C@@H](O[C@H]7C[C@@H](O)[C@@H](O[C@H]8CC[C@@H](O)[C@H](C)O8)[C@H](C)O7)[C@H](C)O6)[C@@H](OC(C)=O)[C@H](C)O5)[C@@H](C)C[C@H](C)[C@H]4[C@]3(C)C(=O)C3=C(O)OC4(C=C(C=O)C[C@H](O)[C@H]4/C=C/2C)C3=O)C[C@]1(C)[N+](=O)[O-]. The fraction of sp³-hybridized carbons (Fsp3) is 0.776. The molecule has 0 aromatic heterocycles. The van der Waals surface area contributed by atoms with Crippen LogP contribution in [0, 0.1) is 51.0 Å². The number of hydrogen-bond acceptors (Lipinski definition) is 24. The number of fused-ring (bicyclic) bond motifs is 4. The van der Waals surface area contributed by atoms with Crippen molar-refractivity contribution in [2.75, 3.05) is 7.11 Å². The molecule has 10 aliphatic rings. The molecule has 0 radical (unpaired) electrons. The van der Waals surface area contributed by atoms with E-state index in [0.29, 0.717) is 49.5 Å². The number of nitrogens with one attached hydrogen (secondary N) is 1. The number of Topliss-reactive ketones (excluding diaryl/α,β-unsaturated/α-hetero) is 2. The Morgan fingerprint density at radius 2 is 1.34 bits per heavy atom. The molecular formula is C67H96N2O24. The number of nitrogens with zero attached hydrogens (tertiary/aromatic N) is 1. The van der Waals surface area contributed by atoms with Crippen LogP contribution in [0.5, 0.6) is 0 Å². The molecule has 5 saturated heterocycles. The molecule has 26 nitrogen and oxygen atoms in total. The molecule has 26 heteroatoms. The number of methoxy groups -OCH3 is 1. The van der Waals surface area contributed by atoms with Crippen LogP contribution in [-0.2, 0) is 80.8 Å². The summed E-state index contributed by atoms with van der Waals surface area (Å²) in [6.07, 6.45) is -4.03. The molecule has 93 heavy (non-hydrogen) atoms. The smallest absolute Gasteiger partial charge is 0.407 e. The summed E-state index contributed by atoms with van der Waals surface area (Å²) in [4.78, 5) is 81.9. The number of carbonyl (C=O) groups is 5. The third kappa shape index (κ3) is 14.0. The average Bonchev–Trinajstić information content (AvgIpc) is 1.68. The first-order valence-electron chi connectivity index (χ1n) is 33.1. The molecule has 2 bridgehead atoms. The van der Waals surface area contributed by atoms with Gasteiger partial charge in [-0.3, -0.25) is 29.3 Å². The zero-order valence-electron chi connectivity index (χ0n) is 55.4. The lowest BCUT2D eigenvalue weighted by Crippen LogP contribution is -2.65. The van der Waals surface area contributed by atoms with Crippen LogP contribution in [0.25, 0.3) is 0 Å². The lowest BCUT2D eigenvalue weighted by molar-refractivity contribution is -0.584. The van der Waals surface area contributed by atoms with E-state index in [1.165, 1.54) is 19.9 Å². The Morgan fingerprint density at radius 1 is 0.710 bits per heavy atom. The van der Waals surface area contributed by atoms with Crippen molar-refractivity contribution in [3.05, 3.63) is 68.7 Å². The number of amides is 1. The molecule has 6 heterocycles. The van der Waals surface area contributed by atoms with Crippen molar-refractivity contribution in [2.45, 2.75) is 281 Å².